The Balaban J connectivity index is 2.35. The summed E-state index contributed by atoms with van der Waals surface area (Å²) in [6.07, 6.45) is 3.03. The molecule has 1 aliphatic heterocycles. The molecule has 1 aromatic carbocycles. The van der Waals surface area contributed by atoms with Gasteiger partial charge in [0.05, 0.1) is 5.60 Å². The lowest BCUT2D eigenvalue weighted by atomic mass is 9.68. The SMILES string of the molecule is CCC(CC)C1CN(C)CCC1(O)c1ccc(Cl)cc1. The molecule has 1 saturated heterocycles. The van der Waals surface area contributed by atoms with Crippen LogP contribution < -0.4 is 0 Å². The van der Waals surface area contributed by atoms with Gasteiger partial charge in [-0.1, -0.05) is 50.4 Å². The van der Waals surface area contributed by atoms with Crippen LogP contribution in [0.1, 0.15) is 38.7 Å². The van der Waals surface area contributed by atoms with Crippen molar-refractivity contribution in [2.24, 2.45) is 11.8 Å². The zero-order valence-electron chi connectivity index (χ0n) is 12.8. The van der Waals surface area contributed by atoms with Gasteiger partial charge >= 0.3 is 0 Å². The highest BCUT2D eigenvalue weighted by atomic mass is 35.5. The second-order valence-electron chi connectivity index (χ2n) is 6.13. The molecule has 2 rings (SSSR count). The smallest absolute Gasteiger partial charge is 0.0951 e. The Labute approximate surface area is 127 Å². The zero-order chi connectivity index (χ0) is 14.8. The molecule has 1 aliphatic rings. The van der Waals surface area contributed by atoms with Gasteiger partial charge in [0, 0.05) is 24.0 Å². The van der Waals surface area contributed by atoms with Gasteiger partial charge in [-0.25, -0.2) is 0 Å². The molecule has 1 aromatic rings. The van der Waals surface area contributed by atoms with E-state index in [1.807, 2.05) is 24.3 Å². The molecule has 20 heavy (non-hydrogen) atoms. The largest absolute Gasteiger partial charge is 0.385 e. The topological polar surface area (TPSA) is 23.5 Å². The highest BCUT2D eigenvalue weighted by Crippen LogP contribution is 2.43. The van der Waals surface area contributed by atoms with Gasteiger partial charge in [-0.2, -0.15) is 0 Å². The van der Waals surface area contributed by atoms with Crippen molar-refractivity contribution >= 4 is 11.6 Å². The average molecular weight is 296 g/mol. The number of aliphatic hydroxyl groups is 1. The Kier molecular flexibility index (Phi) is 5.11. The number of rotatable bonds is 4. The first-order valence-electron chi connectivity index (χ1n) is 7.68. The molecule has 0 saturated carbocycles. The fraction of sp³-hybridized carbons (Fsp3) is 0.647. The lowest BCUT2D eigenvalue weighted by Gasteiger charge is -2.47. The van der Waals surface area contributed by atoms with Crippen LogP contribution in [0.3, 0.4) is 0 Å². The second kappa shape index (κ2) is 6.46. The van der Waals surface area contributed by atoms with Gasteiger partial charge in [-0.15, -0.1) is 0 Å². The Morgan fingerprint density at radius 3 is 2.45 bits per heavy atom. The van der Waals surface area contributed by atoms with E-state index in [9.17, 15) is 5.11 Å². The molecule has 2 unspecified atom stereocenters. The molecule has 0 aromatic heterocycles. The lowest BCUT2D eigenvalue weighted by molar-refractivity contribution is -0.0964. The molecular formula is C17H26ClNO. The first-order valence-corrected chi connectivity index (χ1v) is 8.06. The molecule has 1 N–H and O–H groups in total. The highest BCUT2D eigenvalue weighted by Gasteiger charge is 2.44. The lowest BCUT2D eigenvalue weighted by Crippen LogP contribution is -2.51. The third-order valence-electron chi connectivity index (χ3n) is 4.96. The standard InChI is InChI=1S/C17H26ClNO/c1-4-13(5-2)16-12-19(3)11-10-17(16,20)14-6-8-15(18)9-7-14/h6-9,13,16,20H,4-5,10-12H2,1-3H3. The van der Waals surface area contributed by atoms with E-state index in [0.29, 0.717) is 5.92 Å². The van der Waals surface area contributed by atoms with Crippen LogP contribution in [0.15, 0.2) is 24.3 Å². The van der Waals surface area contributed by atoms with Gasteiger partial charge in [0.1, 0.15) is 0 Å². The predicted octanol–water partition coefficient (Wildman–Crippen LogP) is 3.92. The predicted molar refractivity (Wildman–Crippen MR) is 85.0 cm³/mol. The molecule has 3 heteroatoms. The van der Waals surface area contributed by atoms with Gasteiger partial charge in [0.25, 0.3) is 0 Å². The molecule has 2 nitrogen and oxygen atoms in total. The van der Waals surface area contributed by atoms with Crippen LogP contribution in [0.2, 0.25) is 5.02 Å². The van der Waals surface area contributed by atoms with Gasteiger partial charge in [0.15, 0.2) is 0 Å². The number of hydrogen-bond acceptors (Lipinski definition) is 2. The Morgan fingerprint density at radius 2 is 1.90 bits per heavy atom. The van der Waals surface area contributed by atoms with E-state index in [4.69, 9.17) is 11.6 Å². The van der Waals surface area contributed by atoms with Gasteiger partial charge in [-0.05, 0) is 37.1 Å². The van der Waals surface area contributed by atoms with Crippen molar-refractivity contribution in [1.29, 1.82) is 0 Å². The molecule has 2 atom stereocenters. The van der Waals surface area contributed by atoms with Crippen LogP contribution in [0.25, 0.3) is 0 Å². The minimum atomic E-state index is -0.714. The van der Waals surface area contributed by atoms with Gasteiger partial charge in [-0.3, -0.25) is 0 Å². The third-order valence-corrected chi connectivity index (χ3v) is 5.21. The van der Waals surface area contributed by atoms with Crippen molar-refractivity contribution in [2.45, 2.75) is 38.7 Å². The average Bonchev–Trinajstić information content (AvgIpc) is 2.45. The minimum Gasteiger partial charge on any atom is -0.385 e. The highest BCUT2D eigenvalue weighted by molar-refractivity contribution is 6.30. The fourth-order valence-corrected chi connectivity index (χ4v) is 3.74. The summed E-state index contributed by atoms with van der Waals surface area (Å²) >= 11 is 5.98. The van der Waals surface area contributed by atoms with Gasteiger partial charge in [0.2, 0.25) is 0 Å². The maximum Gasteiger partial charge on any atom is 0.0951 e. The van der Waals surface area contributed by atoms with Crippen LogP contribution in [-0.4, -0.2) is 30.1 Å². The van der Waals surface area contributed by atoms with Crippen molar-refractivity contribution in [3.05, 3.63) is 34.9 Å². The van der Waals surface area contributed by atoms with Crippen molar-refractivity contribution < 1.29 is 5.11 Å². The first-order chi connectivity index (χ1) is 9.51. The van der Waals surface area contributed by atoms with E-state index in [-0.39, 0.29) is 5.92 Å². The number of nitrogens with zero attached hydrogens (tertiary/aromatic N) is 1. The molecular weight excluding hydrogens is 270 g/mol. The maximum atomic E-state index is 11.4. The number of piperidine rings is 1. The summed E-state index contributed by atoms with van der Waals surface area (Å²) in [4.78, 5) is 2.34. The van der Waals surface area contributed by atoms with E-state index < -0.39 is 5.60 Å². The zero-order valence-corrected chi connectivity index (χ0v) is 13.5. The molecule has 1 fully saturated rings. The molecule has 0 bridgehead atoms. The minimum absolute atomic E-state index is 0.289. The van der Waals surface area contributed by atoms with Crippen LogP contribution in [-0.2, 0) is 5.60 Å². The Hall–Kier alpha value is -0.570. The van der Waals surface area contributed by atoms with E-state index in [1.165, 1.54) is 0 Å². The van der Waals surface area contributed by atoms with E-state index in [1.54, 1.807) is 0 Å². The summed E-state index contributed by atoms with van der Waals surface area (Å²) in [5.74, 6) is 0.843. The second-order valence-corrected chi connectivity index (χ2v) is 6.56. The molecule has 0 spiro atoms. The van der Waals surface area contributed by atoms with Crippen molar-refractivity contribution in [2.75, 3.05) is 20.1 Å². The number of benzene rings is 1. The summed E-state index contributed by atoms with van der Waals surface area (Å²) in [5.41, 5.74) is 0.306. The van der Waals surface area contributed by atoms with E-state index >= 15 is 0 Å². The Morgan fingerprint density at radius 1 is 1.30 bits per heavy atom. The number of halogens is 1. The molecule has 0 amide bonds. The van der Waals surface area contributed by atoms with E-state index in [2.05, 4.69) is 25.8 Å². The quantitative estimate of drug-likeness (QED) is 0.910. The summed E-state index contributed by atoms with van der Waals surface area (Å²) in [5, 5.41) is 12.1. The molecule has 0 radical (unpaired) electrons. The van der Waals surface area contributed by atoms with Gasteiger partial charge < -0.3 is 10.0 Å². The fourth-order valence-electron chi connectivity index (χ4n) is 3.62. The summed E-state index contributed by atoms with van der Waals surface area (Å²) in [6.45, 7) is 6.36. The maximum absolute atomic E-state index is 11.4. The number of likely N-dealkylation sites (tertiary alicyclic amines) is 1. The van der Waals surface area contributed by atoms with Crippen LogP contribution >= 0.6 is 11.6 Å². The Bertz CT molecular complexity index is 429. The third kappa shape index (κ3) is 3.03. The van der Waals surface area contributed by atoms with Crippen LogP contribution in [0.5, 0.6) is 0 Å². The summed E-state index contributed by atoms with van der Waals surface area (Å²) < 4.78 is 0. The van der Waals surface area contributed by atoms with Crippen molar-refractivity contribution in [3.8, 4) is 0 Å². The van der Waals surface area contributed by atoms with Crippen molar-refractivity contribution in [3.63, 3.8) is 0 Å². The number of hydrogen-bond donors (Lipinski definition) is 1. The van der Waals surface area contributed by atoms with E-state index in [0.717, 1.165) is 42.9 Å². The van der Waals surface area contributed by atoms with Crippen LogP contribution in [0.4, 0.5) is 0 Å². The van der Waals surface area contributed by atoms with Crippen LogP contribution in [0, 0.1) is 11.8 Å². The monoisotopic (exact) mass is 295 g/mol. The first kappa shape index (κ1) is 15.8. The van der Waals surface area contributed by atoms with Crippen molar-refractivity contribution in [1.82, 2.24) is 4.90 Å². The molecule has 112 valence electrons. The molecule has 0 aliphatic carbocycles. The molecule has 1 heterocycles. The summed E-state index contributed by atoms with van der Waals surface area (Å²) in [6, 6.07) is 7.75. The summed E-state index contributed by atoms with van der Waals surface area (Å²) in [7, 11) is 2.15. The normalized spacial score (nSPS) is 28.0.